The van der Waals surface area contributed by atoms with Gasteiger partial charge in [0.2, 0.25) is 10.0 Å². The van der Waals surface area contributed by atoms with Crippen molar-refractivity contribution in [3.63, 3.8) is 0 Å². The van der Waals surface area contributed by atoms with E-state index in [0.29, 0.717) is 23.4 Å². The van der Waals surface area contributed by atoms with Gasteiger partial charge in [0.05, 0.1) is 21.7 Å². The van der Waals surface area contributed by atoms with Crippen LogP contribution in [0.15, 0.2) is 17.0 Å². The molecule has 0 amide bonds. The Balaban J connectivity index is 2.28. The summed E-state index contributed by atoms with van der Waals surface area (Å²) >= 11 is 5.87. The maximum absolute atomic E-state index is 12.4. The van der Waals surface area contributed by atoms with Gasteiger partial charge in [0, 0.05) is 6.04 Å². The minimum atomic E-state index is -3.71. The van der Waals surface area contributed by atoms with Crippen molar-refractivity contribution in [3.8, 4) is 0 Å². The summed E-state index contributed by atoms with van der Waals surface area (Å²) in [5.41, 5.74) is 6.43. The lowest BCUT2D eigenvalue weighted by Crippen LogP contribution is -2.45. The van der Waals surface area contributed by atoms with Gasteiger partial charge in [0.1, 0.15) is 0 Å². The van der Waals surface area contributed by atoms with Crippen LogP contribution in [0.4, 0.5) is 5.69 Å². The van der Waals surface area contributed by atoms with E-state index in [1.54, 1.807) is 6.92 Å². The monoisotopic (exact) mass is 318 g/mol. The van der Waals surface area contributed by atoms with Crippen LogP contribution in [0.1, 0.15) is 31.2 Å². The van der Waals surface area contributed by atoms with E-state index in [9.17, 15) is 13.5 Å². The zero-order chi connectivity index (χ0) is 14.9. The predicted molar refractivity (Wildman–Crippen MR) is 79.2 cm³/mol. The van der Waals surface area contributed by atoms with Crippen LogP contribution in [0, 0.1) is 6.92 Å². The SMILES string of the molecule is Cc1cc(Cl)c(N)cc1S(=O)(=O)N[C@H]1CCCC[C@@H]1O. The van der Waals surface area contributed by atoms with Crippen LogP contribution in [-0.2, 0) is 10.0 Å². The van der Waals surface area contributed by atoms with E-state index in [0.717, 1.165) is 12.8 Å². The van der Waals surface area contributed by atoms with Crippen molar-refractivity contribution in [1.29, 1.82) is 0 Å². The molecule has 1 aromatic rings. The molecule has 1 aliphatic carbocycles. The molecule has 0 unspecified atom stereocenters. The number of sulfonamides is 1. The predicted octanol–water partition coefficient (Wildman–Crippen LogP) is 1.81. The zero-order valence-electron chi connectivity index (χ0n) is 11.3. The van der Waals surface area contributed by atoms with E-state index in [1.165, 1.54) is 12.1 Å². The molecule has 0 radical (unpaired) electrons. The molecule has 4 N–H and O–H groups in total. The average Bonchev–Trinajstić information content (AvgIpc) is 2.36. The van der Waals surface area contributed by atoms with Crippen LogP contribution in [0.3, 0.4) is 0 Å². The molecule has 2 rings (SSSR count). The van der Waals surface area contributed by atoms with Gasteiger partial charge in [-0.25, -0.2) is 13.1 Å². The highest BCUT2D eigenvalue weighted by molar-refractivity contribution is 7.89. The third-order valence-electron chi connectivity index (χ3n) is 3.62. The molecule has 0 bridgehead atoms. The molecule has 5 nitrogen and oxygen atoms in total. The molecule has 1 aromatic carbocycles. The van der Waals surface area contributed by atoms with Crippen LogP contribution < -0.4 is 10.5 Å². The number of nitrogen functional groups attached to an aromatic ring is 1. The lowest BCUT2D eigenvalue weighted by atomic mass is 9.93. The second kappa shape index (κ2) is 5.89. The van der Waals surface area contributed by atoms with Crippen molar-refractivity contribution in [2.45, 2.75) is 49.6 Å². The average molecular weight is 319 g/mol. The molecule has 1 fully saturated rings. The molecule has 0 spiro atoms. The van der Waals surface area contributed by atoms with Crippen molar-refractivity contribution in [1.82, 2.24) is 4.72 Å². The Morgan fingerprint density at radius 2 is 2.00 bits per heavy atom. The topological polar surface area (TPSA) is 92.4 Å². The van der Waals surface area contributed by atoms with Crippen molar-refractivity contribution in [2.75, 3.05) is 5.73 Å². The molecule has 0 heterocycles. The summed E-state index contributed by atoms with van der Waals surface area (Å²) in [4.78, 5) is 0.108. The summed E-state index contributed by atoms with van der Waals surface area (Å²) in [6, 6.07) is 2.45. The highest BCUT2D eigenvalue weighted by Gasteiger charge is 2.29. The third-order valence-corrected chi connectivity index (χ3v) is 5.58. The standard InChI is InChI=1S/C13H19ClN2O3S/c1-8-6-9(14)10(15)7-13(8)20(18,19)16-11-4-2-3-5-12(11)17/h6-7,11-12,16-17H,2-5,15H2,1H3/t11-,12-/m0/s1. The number of aliphatic hydroxyl groups excluding tert-OH is 1. The lowest BCUT2D eigenvalue weighted by molar-refractivity contribution is 0.101. The van der Waals surface area contributed by atoms with Crippen LogP contribution >= 0.6 is 11.6 Å². The van der Waals surface area contributed by atoms with Crippen molar-refractivity contribution in [3.05, 3.63) is 22.7 Å². The molecule has 0 saturated heterocycles. The largest absolute Gasteiger partial charge is 0.397 e. The van der Waals surface area contributed by atoms with Gasteiger partial charge >= 0.3 is 0 Å². The summed E-state index contributed by atoms with van der Waals surface area (Å²) in [6.07, 6.45) is 2.46. The molecule has 0 aliphatic heterocycles. The Bertz CT molecular complexity index is 604. The summed E-state index contributed by atoms with van der Waals surface area (Å²) in [5, 5.41) is 10.2. The zero-order valence-corrected chi connectivity index (χ0v) is 12.8. The number of rotatable bonds is 3. The Kier molecular flexibility index (Phi) is 4.59. The number of hydrogen-bond acceptors (Lipinski definition) is 4. The molecular formula is C13H19ClN2O3S. The highest BCUT2D eigenvalue weighted by Crippen LogP contribution is 2.27. The minimum Gasteiger partial charge on any atom is -0.397 e. The molecule has 2 atom stereocenters. The van der Waals surface area contributed by atoms with Gasteiger partial charge in [-0.3, -0.25) is 0 Å². The summed E-state index contributed by atoms with van der Waals surface area (Å²) in [7, 11) is -3.71. The van der Waals surface area contributed by atoms with Gasteiger partial charge in [-0.05, 0) is 37.5 Å². The normalized spacial score (nSPS) is 23.8. The number of anilines is 1. The molecule has 112 valence electrons. The fourth-order valence-electron chi connectivity index (χ4n) is 2.47. The van der Waals surface area contributed by atoms with Gasteiger partial charge in [-0.15, -0.1) is 0 Å². The third kappa shape index (κ3) is 3.25. The summed E-state index contributed by atoms with van der Waals surface area (Å²) in [5.74, 6) is 0. The Labute approximate surface area is 124 Å². The molecule has 20 heavy (non-hydrogen) atoms. The van der Waals surface area contributed by atoms with Gasteiger partial charge in [0.25, 0.3) is 0 Å². The molecule has 0 aromatic heterocycles. The van der Waals surface area contributed by atoms with Gasteiger partial charge in [-0.1, -0.05) is 24.4 Å². The summed E-state index contributed by atoms with van der Waals surface area (Å²) < 4.78 is 27.4. The van der Waals surface area contributed by atoms with E-state index in [-0.39, 0.29) is 10.6 Å². The van der Waals surface area contributed by atoms with E-state index >= 15 is 0 Å². The van der Waals surface area contributed by atoms with Gasteiger partial charge in [-0.2, -0.15) is 0 Å². The van der Waals surface area contributed by atoms with E-state index in [1.807, 2.05) is 0 Å². The second-order valence-electron chi connectivity index (χ2n) is 5.22. The van der Waals surface area contributed by atoms with Gasteiger partial charge in [0.15, 0.2) is 0 Å². The first-order valence-corrected chi connectivity index (χ1v) is 8.43. The smallest absolute Gasteiger partial charge is 0.241 e. The lowest BCUT2D eigenvalue weighted by Gasteiger charge is -2.28. The van der Waals surface area contributed by atoms with Crippen LogP contribution in [0.2, 0.25) is 5.02 Å². The van der Waals surface area contributed by atoms with E-state index in [2.05, 4.69) is 4.72 Å². The van der Waals surface area contributed by atoms with Crippen LogP contribution in [-0.4, -0.2) is 25.7 Å². The first-order chi connectivity index (χ1) is 9.31. The Morgan fingerprint density at radius 3 is 2.65 bits per heavy atom. The van der Waals surface area contributed by atoms with Gasteiger partial charge < -0.3 is 10.8 Å². The maximum Gasteiger partial charge on any atom is 0.241 e. The Hall–Kier alpha value is -0.820. The number of halogens is 1. The fourth-order valence-corrected chi connectivity index (χ4v) is 4.25. The molecular weight excluding hydrogens is 300 g/mol. The number of hydrogen-bond donors (Lipinski definition) is 3. The quantitative estimate of drug-likeness (QED) is 0.741. The number of aryl methyl sites for hydroxylation is 1. The summed E-state index contributed by atoms with van der Waals surface area (Å²) in [6.45, 7) is 1.66. The minimum absolute atomic E-state index is 0.108. The number of nitrogens with one attached hydrogen (secondary N) is 1. The Morgan fingerprint density at radius 1 is 1.35 bits per heavy atom. The first-order valence-electron chi connectivity index (χ1n) is 6.57. The fraction of sp³-hybridized carbons (Fsp3) is 0.538. The van der Waals surface area contributed by atoms with Crippen molar-refractivity contribution >= 4 is 27.3 Å². The van der Waals surface area contributed by atoms with Crippen LogP contribution in [0.25, 0.3) is 0 Å². The van der Waals surface area contributed by atoms with E-state index < -0.39 is 22.2 Å². The molecule has 1 aliphatic rings. The van der Waals surface area contributed by atoms with Crippen molar-refractivity contribution < 1.29 is 13.5 Å². The number of aliphatic hydroxyl groups is 1. The number of benzene rings is 1. The van der Waals surface area contributed by atoms with E-state index in [4.69, 9.17) is 17.3 Å². The maximum atomic E-state index is 12.4. The number of nitrogens with two attached hydrogens (primary N) is 1. The first kappa shape index (κ1) is 15.6. The highest BCUT2D eigenvalue weighted by atomic mass is 35.5. The molecule has 7 heteroatoms. The van der Waals surface area contributed by atoms with Crippen molar-refractivity contribution in [2.24, 2.45) is 0 Å². The van der Waals surface area contributed by atoms with Crippen LogP contribution in [0.5, 0.6) is 0 Å². The second-order valence-corrected chi connectivity index (χ2v) is 7.31. The molecule has 1 saturated carbocycles.